The third-order valence-corrected chi connectivity index (χ3v) is 6.35. The van der Waals surface area contributed by atoms with E-state index in [9.17, 15) is 13.2 Å². The van der Waals surface area contributed by atoms with E-state index in [1.165, 1.54) is 11.8 Å². The number of benzene rings is 1. The second-order valence-electron chi connectivity index (χ2n) is 7.62. The lowest BCUT2D eigenvalue weighted by molar-refractivity contribution is 0.0643. The van der Waals surface area contributed by atoms with Crippen LogP contribution in [0.25, 0.3) is 0 Å². The van der Waals surface area contributed by atoms with Crippen LogP contribution in [0.4, 0.5) is 0 Å². The molecular formula is C21H29N3O3S. The van der Waals surface area contributed by atoms with Crippen LogP contribution in [-0.4, -0.2) is 73.4 Å². The van der Waals surface area contributed by atoms with Crippen LogP contribution in [0.1, 0.15) is 27.3 Å². The van der Waals surface area contributed by atoms with Crippen LogP contribution in [0.2, 0.25) is 0 Å². The molecule has 1 aromatic carbocycles. The number of hydrogen-bond acceptors (Lipinski definition) is 4. The van der Waals surface area contributed by atoms with Crippen LogP contribution < -0.4 is 0 Å². The van der Waals surface area contributed by atoms with Crippen molar-refractivity contribution in [1.82, 2.24) is 14.4 Å². The lowest BCUT2D eigenvalue weighted by Gasteiger charge is -2.34. The zero-order chi connectivity index (χ0) is 20.3. The van der Waals surface area contributed by atoms with Gasteiger partial charge in [0.05, 0.1) is 11.3 Å². The van der Waals surface area contributed by atoms with Crippen molar-refractivity contribution in [3.63, 3.8) is 0 Å². The third-order valence-electron chi connectivity index (χ3n) is 5.43. The second-order valence-corrected chi connectivity index (χ2v) is 9.88. The fraction of sp³-hybridized carbons (Fsp3) is 0.476. The summed E-state index contributed by atoms with van der Waals surface area (Å²) < 4.78 is 24.9. The number of carbonyl (C=O) groups is 1. The van der Waals surface area contributed by atoms with E-state index in [4.69, 9.17) is 0 Å². The van der Waals surface area contributed by atoms with Crippen LogP contribution in [0.3, 0.4) is 0 Å². The van der Waals surface area contributed by atoms with Crippen molar-refractivity contribution in [3.05, 3.63) is 58.9 Å². The van der Waals surface area contributed by atoms with Gasteiger partial charge in [-0.25, -0.2) is 8.42 Å². The molecule has 0 bridgehead atoms. The Bertz CT molecular complexity index is 927. The Hall–Kier alpha value is -2.12. The number of carbonyl (C=O) groups excluding carboxylic acids is 1. The van der Waals surface area contributed by atoms with Crippen molar-refractivity contribution in [1.29, 1.82) is 0 Å². The van der Waals surface area contributed by atoms with E-state index in [1.807, 2.05) is 43.0 Å². The summed E-state index contributed by atoms with van der Waals surface area (Å²) in [5.74, 6) is 0.233. The minimum Gasteiger partial charge on any atom is -0.344 e. The van der Waals surface area contributed by atoms with Gasteiger partial charge < -0.3 is 9.47 Å². The summed E-state index contributed by atoms with van der Waals surface area (Å²) in [6, 6.07) is 12.2. The molecule has 0 N–H and O–H groups in total. The van der Waals surface area contributed by atoms with Crippen molar-refractivity contribution >= 4 is 15.7 Å². The van der Waals surface area contributed by atoms with E-state index in [2.05, 4.69) is 21.6 Å². The van der Waals surface area contributed by atoms with Crippen LogP contribution >= 0.6 is 0 Å². The van der Waals surface area contributed by atoms with Crippen LogP contribution in [0.5, 0.6) is 0 Å². The van der Waals surface area contributed by atoms with Crippen molar-refractivity contribution in [3.8, 4) is 0 Å². The van der Waals surface area contributed by atoms with Crippen LogP contribution in [0, 0.1) is 13.8 Å². The molecule has 0 unspecified atom stereocenters. The Balaban J connectivity index is 1.65. The van der Waals surface area contributed by atoms with Gasteiger partial charge in [0.2, 0.25) is 0 Å². The summed E-state index contributed by atoms with van der Waals surface area (Å²) in [5.41, 5.74) is 4.04. The summed E-state index contributed by atoms with van der Waals surface area (Å²) in [6.07, 6.45) is 1.26. The molecule has 6 nitrogen and oxygen atoms in total. The maximum Gasteiger partial charge on any atom is 0.255 e. The van der Waals surface area contributed by atoms with E-state index in [1.54, 1.807) is 0 Å². The summed E-state index contributed by atoms with van der Waals surface area (Å²) in [5, 5.41) is 0. The van der Waals surface area contributed by atoms with Gasteiger partial charge in [0.1, 0.15) is 9.84 Å². The lowest BCUT2D eigenvalue weighted by Crippen LogP contribution is -2.49. The molecule has 2 heterocycles. The van der Waals surface area contributed by atoms with Crippen molar-refractivity contribution in [2.45, 2.75) is 20.4 Å². The minimum atomic E-state index is -2.95. The predicted octanol–water partition coefficient (Wildman–Crippen LogP) is 1.96. The number of hydrogen-bond donors (Lipinski definition) is 0. The molecule has 0 radical (unpaired) electrons. The Kier molecular flexibility index (Phi) is 6.25. The van der Waals surface area contributed by atoms with E-state index in [-0.39, 0.29) is 11.7 Å². The molecule has 2 aromatic rings. The molecule has 3 rings (SSSR count). The molecule has 152 valence electrons. The van der Waals surface area contributed by atoms with Crippen molar-refractivity contribution < 1.29 is 13.2 Å². The van der Waals surface area contributed by atoms with Crippen molar-refractivity contribution in [2.24, 2.45) is 0 Å². The van der Waals surface area contributed by atoms with E-state index in [0.717, 1.165) is 23.5 Å². The fourth-order valence-electron chi connectivity index (χ4n) is 3.67. The lowest BCUT2D eigenvalue weighted by atomic mass is 10.2. The standard InChI is InChI=1S/C21H29N3O3S/c1-17-15-20(18(2)24(17)16-19-7-5-4-6-8-19)21(25)23-11-9-22(10-12-23)13-14-28(3,26)27/h4-8,15H,9-14,16H2,1-3H3. The summed E-state index contributed by atoms with van der Waals surface area (Å²) in [6.45, 7) is 8.02. The molecular weight excluding hydrogens is 374 g/mol. The maximum absolute atomic E-state index is 13.1. The number of amides is 1. The topological polar surface area (TPSA) is 62.6 Å². The highest BCUT2D eigenvalue weighted by atomic mass is 32.2. The third kappa shape index (κ3) is 5.02. The van der Waals surface area contributed by atoms with E-state index < -0.39 is 9.84 Å². The van der Waals surface area contributed by atoms with E-state index in [0.29, 0.717) is 32.7 Å². The first-order chi connectivity index (χ1) is 13.2. The van der Waals surface area contributed by atoms with Gasteiger partial charge in [0.25, 0.3) is 5.91 Å². The molecule has 1 aromatic heterocycles. The molecule has 1 saturated heterocycles. The Morgan fingerprint density at radius 2 is 1.68 bits per heavy atom. The average Bonchev–Trinajstić information content (AvgIpc) is 2.95. The van der Waals surface area contributed by atoms with Gasteiger partial charge in [-0.1, -0.05) is 30.3 Å². The Labute approximate surface area is 167 Å². The Morgan fingerprint density at radius 3 is 2.29 bits per heavy atom. The number of sulfone groups is 1. The molecule has 1 fully saturated rings. The van der Waals surface area contributed by atoms with E-state index >= 15 is 0 Å². The molecule has 0 saturated carbocycles. The SMILES string of the molecule is Cc1cc(C(=O)N2CCN(CCS(C)(=O)=O)CC2)c(C)n1Cc1ccccc1. The molecule has 0 aliphatic carbocycles. The summed E-state index contributed by atoms with van der Waals surface area (Å²) in [7, 11) is -2.95. The molecule has 1 aliphatic heterocycles. The first kappa shape index (κ1) is 20.6. The predicted molar refractivity (Wildman–Crippen MR) is 112 cm³/mol. The van der Waals surface area contributed by atoms with Gasteiger partial charge in [-0.15, -0.1) is 0 Å². The highest BCUT2D eigenvalue weighted by Crippen LogP contribution is 2.20. The number of aryl methyl sites for hydroxylation is 1. The first-order valence-corrected chi connectivity index (χ1v) is 11.7. The summed E-state index contributed by atoms with van der Waals surface area (Å²) >= 11 is 0. The number of nitrogens with zero attached hydrogens (tertiary/aromatic N) is 3. The highest BCUT2D eigenvalue weighted by Gasteiger charge is 2.25. The highest BCUT2D eigenvalue weighted by molar-refractivity contribution is 7.90. The van der Waals surface area contributed by atoms with Gasteiger partial charge in [-0.3, -0.25) is 9.69 Å². The molecule has 0 spiro atoms. The number of aromatic nitrogens is 1. The van der Waals surface area contributed by atoms with Gasteiger partial charge in [-0.05, 0) is 25.5 Å². The normalized spacial score (nSPS) is 15.8. The zero-order valence-corrected chi connectivity index (χ0v) is 17.7. The van der Waals surface area contributed by atoms with Gasteiger partial charge >= 0.3 is 0 Å². The monoisotopic (exact) mass is 403 g/mol. The molecule has 7 heteroatoms. The second kappa shape index (κ2) is 8.49. The van der Waals surface area contributed by atoms with Gasteiger partial charge in [0.15, 0.2) is 0 Å². The quantitative estimate of drug-likeness (QED) is 0.740. The molecule has 1 amide bonds. The smallest absolute Gasteiger partial charge is 0.255 e. The van der Waals surface area contributed by atoms with Gasteiger partial charge in [-0.2, -0.15) is 0 Å². The zero-order valence-electron chi connectivity index (χ0n) is 16.9. The number of rotatable bonds is 6. The summed E-state index contributed by atoms with van der Waals surface area (Å²) in [4.78, 5) is 17.1. The van der Waals surface area contributed by atoms with Crippen molar-refractivity contribution in [2.75, 3.05) is 44.7 Å². The largest absolute Gasteiger partial charge is 0.344 e. The fourth-order valence-corrected chi connectivity index (χ4v) is 4.26. The first-order valence-electron chi connectivity index (χ1n) is 9.64. The molecule has 1 aliphatic rings. The Morgan fingerprint density at radius 1 is 1.04 bits per heavy atom. The maximum atomic E-state index is 13.1. The van der Waals surface area contributed by atoms with Gasteiger partial charge in [0, 0.05) is 56.9 Å². The van der Waals surface area contributed by atoms with Crippen LogP contribution in [-0.2, 0) is 16.4 Å². The molecule has 0 atom stereocenters. The van der Waals surface area contributed by atoms with Crippen LogP contribution in [0.15, 0.2) is 36.4 Å². The molecule has 28 heavy (non-hydrogen) atoms. The number of piperazine rings is 1. The minimum absolute atomic E-state index is 0.0650. The average molecular weight is 404 g/mol.